The lowest BCUT2D eigenvalue weighted by atomic mass is 9.97. The van der Waals surface area contributed by atoms with Crippen LogP contribution in [-0.2, 0) is 4.74 Å². The van der Waals surface area contributed by atoms with Crippen LogP contribution in [-0.4, -0.2) is 37.1 Å². The number of likely N-dealkylation sites (tertiary alicyclic amines) is 1. The maximum atomic E-state index is 13.6. The first-order valence-electron chi connectivity index (χ1n) is 7.04. The molecular formula is C16H19F2NO2. The summed E-state index contributed by atoms with van der Waals surface area (Å²) in [5.74, 6) is -1.46. The van der Waals surface area contributed by atoms with E-state index in [0.29, 0.717) is 32.2 Å². The minimum absolute atomic E-state index is 0.0715. The molecule has 0 radical (unpaired) electrons. The van der Waals surface area contributed by atoms with Gasteiger partial charge in [-0.15, -0.1) is 6.58 Å². The standard InChI is InChI=1S/C16H19F2NO2/c1-2-9-21-11-12-5-7-19(8-6-12)16(20)14-4-3-13(17)10-15(14)18/h2-4,10,12H,1,5-9,11H2. The second kappa shape index (κ2) is 7.31. The molecule has 1 saturated heterocycles. The number of halogens is 2. The molecule has 0 spiro atoms. The van der Waals surface area contributed by atoms with Gasteiger partial charge in [-0.25, -0.2) is 8.78 Å². The van der Waals surface area contributed by atoms with E-state index >= 15 is 0 Å². The highest BCUT2D eigenvalue weighted by molar-refractivity contribution is 5.94. The molecule has 1 aromatic rings. The van der Waals surface area contributed by atoms with E-state index in [4.69, 9.17) is 4.74 Å². The molecule has 21 heavy (non-hydrogen) atoms. The van der Waals surface area contributed by atoms with Crippen molar-refractivity contribution in [3.05, 3.63) is 48.1 Å². The van der Waals surface area contributed by atoms with Crippen molar-refractivity contribution in [2.24, 2.45) is 5.92 Å². The van der Waals surface area contributed by atoms with E-state index in [2.05, 4.69) is 6.58 Å². The van der Waals surface area contributed by atoms with Crippen LogP contribution in [0.2, 0.25) is 0 Å². The van der Waals surface area contributed by atoms with Crippen molar-refractivity contribution in [2.45, 2.75) is 12.8 Å². The van der Waals surface area contributed by atoms with Crippen LogP contribution in [0.4, 0.5) is 8.78 Å². The minimum Gasteiger partial charge on any atom is -0.377 e. The fourth-order valence-electron chi connectivity index (χ4n) is 2.45. The molecule has 3 nitrogen and oxygen atoms in total. The van der Waals surface area contributed by atoms with Crippen LogP contribution in [0.5, 0.6) is 0 Å². The average Bonchev–Trinajstić information content (AvgIpc) is 2.48. The number of benzene rings is 1. The number of ether oxygens (including phenoxy) is 1. The van der Waals surface area contributed by atoms with Gasteiger partial charge in [-0.1, -0.05) is 6.08 Å². The maximum absolute atomic E-state index is 13.6. The Morgan fingerprint density at radius 1 is 1.38 bits per heavy atom. The number of piperidine rings is 1. The molecule has 1 aromatic carbocycles. The van der Waals surface area contributed by atoms with Crippen molar-refractivity contribution in [1.82, 2.24) is 4.90 Å². The second-order valence-electron chi connectivity index (χ2n) is 5.19. The maximum Gasteiger partial charge on any atom is 0.256 e. The van der Waals surface area contributed by atoms with Crippen LogP contribution in [0.25, 0.3) is 0 Å². The lowest BCUT2D eigenvalue weighted by Gasteiger charge is -2.32. The van der Waals surface area contributed by atoms with Crippen LogP contribution >= 0.6 is 0 Å². The fourth-order valence-corrected chi connectivity index (χ4v) is 2.45. The van der Waals surface area contributed by atoms with Crippen LogP contribution in [0.1, 0.15) is 23.2 Å². The zero-order valence-corrected chi connectivity index (χ0v) is 11.9. The van der Waals surface area contributed by atoms with E-state index in [1.165, 1.54) is 6.07 Å². The van der Waals surface area contributed by atoms with Crippen molar-refractivity contribution >= 4 is 5.91 Å². The Balaban J connectivity index is 1.89. The summed E-state index contributed by atoms with van der Waals surface area (Å²) in [6.07, 6.45) is 3.35. The second-order valence-corrected chi connectivity index (χ2v) is 5.19. The van der Waals surface area contributed by atoms with E-state index < -0.39 is 11.6 Å². The third-order valence-corrected chi connectivity index (χ3v) is 3.65. The molecule has 1 amide bonds. The van der Waals surface area contributed by atoms with Gasteiger partial charge in [0, 0.05) is 25.8 Å². The third kappa shape index (κ3) is 4.11. The Hall–Kier alpha value is -1.75. The topological polar surface area (TPSA) is 29.5 Å². The zero-order valence-electron chi connectivity index (χ0n) is 11.9. The van der Waals surface area contributed by atoms with E-state index in [0.717, 1.165) is 25.0 Å². The summed E-state index contributed by atoms with van der Waals surface area (Å²) in [5, 5.41) is 0. The molecule has 0 unspecified atom stereocenters. The highest BCUT2D eigenvalue weighted by Gasteiger charge is 2.25. The van der Waals surface area contributed by atoms with E-state index in [-0.39, 0.29) is 11.5 Å². The van der Waals surface area contributed by atoms with Crippen molar-refractivity contribution < 1.29 is 18.3 Å². The van der Waals surface area contributed by atoms with Gasteiger partial charge in [0.1, 0.15) is 11.6 Å². The molecule has 0 atom stereocenters. The summed E-state index contributed by atoms with van der Waals surface area (Å²) in [4.78, 5) is 13.8. The van der Waals surface area contributed by atoms with E-state index in [1.807, 2.05) is 0 Å². The van der Waals surface area contributed by atoms with Gasteiger partial charge in [0.25, 0.3) is 5.91 Å². The minimum atomic E-state index is -0.809. The molecule has 5 heteroatoms. The predicted molar refractivity (Wildman–Crippen MR) is 76.0 cm³/mol. The molecular weight excluding hydrogens is 276 g/mol. The summed E-state index contributed by atoms with van der Waals surface area (Å²) in [5.41, 5.74) is -0.0715. The molecule has 1 heterocycles. The first kappa shape index (κ1) is 15.6. The Morgan fingerprint density at radius 3 is 2.71 bits per heavy atom. The van der Waals surface area contributed by atoms with Gasteiger partial charge < -0.3 is 9.64 Å². The van der Waals surface area contributed by atoms with Crippen molar-refractivity contribution in [2.75, 3.05) is 26.3 Å². The van der Waals surface area contributed by atoms with Gasteiger partial charge in [-0.3, -0.25) is 4.79 Å². The Bertz CT molecular complexity index is 511. The molecule has 0 bridgehead atoms. The van der Waals surface area contributed by atoms with Gasteiger partial charge in [0.05, 0.1) is 12.2 Å². The highest BCUT2D eigenvalue weighted by atomic mass is 19.1. The van der Waals surface area contributed by atoms with Gasteiger partial charge in [-0.2, -0.15) is 0 Å². The largest absolute Gasteiger partial charge is 0.377 e. The molecule has 0 aromatic heterocycles. The monoisotopic (exact) mass is 295 g/mol. The van der Waals surface area contributed by atoms with Gasteiger partial charge in [0.2, 0.25) is 0 Å². The van der Waals surface area contributed by atoms with Gasteiger partial charge in [-0.05, 0) is 30.9 Å². The lowest BCUT2D eigenvalue weighted by Crippen LogP contribution is -2.39. The Labute approximate surface area is 123 Å². The average molecular weight is 295 g/mol. The highest BCUT2D eigenvalue weighted by Crippen LogP contribution is 2.20. The first-order valence-corrected chi connectivity index (χ1v) is 7.04. The number of hydrogen-bond donors (Lipinski definition) is 0. The summed E-state index contributed by atoms with van der Waals surface area (Å²) >= 11 is 0. The van der Waals surface area contributed by atoms with Crippen LogP contribution in [0.3, 0.4) is 0 Å². The molecule has 1 aliphatic rings. The van der Waals surface area contributed by atoms with E-state index in [1.54, 1.807) is 11.0 Å². The number of rotatable bonds is 5. The van der Waals surface area contributed by atoms with Crippen LogP contribution in [0.15, 0.2) is 30.9 Å². The smallest absolute Gasteiger partial charge is 0.256 e. The quantitative estimate of drug-likeness (QED) is 0.617. The normalized spacial score (nSPS) is 16.0. The molecule has 0 N–H and O–H groups in total. The predicted octanol–water partition coefficient (Wildman–Crippen LogP) is 3.02. The fraction of sp³-hybridized carbons (Fsp3) is 0.438. The zero-order chi connectivity index (χ0) is 15.2. The molecule has 0 saturated carbocycles. The van der Waals surface area contributed by atoms with Crippen molar-refractivity contribution in [3.63, 3.8) is 0 Å². The van der Waals surface area contributed by atoms with Crippen molar-refractivity contribution in [1.29, 1.82) is 0 Å². The first-order chi connectivity index (χ1) is 10.1. The lowest BCUT2D eigenvalue weighted by molar-refractivity contribution is 0.0572. The molecule has 114 valence electrons. The molecule has 2 rings (SSSR count). The molecule has 1 fully saturated rings. The van der Waals surface area contributed by atoms with E-state index in [9.17, 15) is 13.6 Å². The number of carbonyl (C=O) groups excluding carboxylic acids is 1. The number of amides is 1. The van der Waals surface area contributed by atoms with Crippen molar-refractivity contribution in [3.8, 4) is 0 Å². The SMILES string of the molecule is C=CCOCC1CCN(C(=O)c2ccc(F)cc2F)CC1. The third-order valence-electron chi connectivity index (χ3n) is 3.65. The van der Waals surface area contributed by atoms with Crippen LogP contribution in [0, 0.1) is 17.6 Å². The Morgan fingerprint density at radius 2 is 2.10 bits per heavy atom. The number of nitrogens with zero attached hydrogens (tertiary/aromatic N) is 1. The summed E-state index contributed by atoms with van der Waals surface area (Å²) in [6, 6.07) is 3.04. The summed E-state index contributed by atoms with van der Waals surface area (Å²) < 4.78 is 31.9. The van der Waals surface area contributed by atoms with Gasteiger partial charge in [0.15, 0.2) is 0 Å². The number of carbonyl (C=O) groups is 1. The Kier molecular flexibility index (Phi) is 5.44. The van der Waals surface area contributed by atoms with Gasteiger partial charge >= 0.3 is 0 Å². The molecule has 0 aliphatic carbocycles. The number of hydrogen-bond acceptors (Lipinski definition) is 2. The summed E-state index contributed by atoms with van der Waals surface area (Å²) in [6.45, 7) is 5.90. The molecule has 1 aliphatic heterocycles. The summed E-state index contributed by atoms with van der Waals surface area (Å²) in [7, 11) is 0. The van der Waals surface area contributed by atoms with Crippen LogP contribution < -0.4 is 0 Å².